The summed E-state index contributed by atoms with van der Waals surface area (Å²) in [6, 6.07) is 9.28. The summed E-state index contributed by atoms with van der Waals surface area (Å²) < 4.78 is 27.6. The van der Waals surface area contributed by atoms with Crippen LogP contribution in [0.25, 0.3) is 0 Å². The second-order valence-corrected chi connectivity index (χ2v) is 7.20. The van der Waals surface area contributed by atoms with E-state index < -0.39 is 10.0 Å². The normalized spacial score (nSPS) is 11.3. The maximum atomic E-state index is 12.2. The highest BCUT2D eigenvalue weighted by Gasteiger charge is 2.16. The lowest BCUT2D eigenvalue weighted by Gasteiger charge is -2.11. The minimum absolute atomic E-state index is 0.135. The number of sulfonamides is 1. The third-order valence-corrected chi connectivity index (χ3v) is 5.13. The highest BCUT2D eigenvalue weighted by atomic mass is 79.9. The molecular formula is C13H12BrClN2O2S. The number of hydrogen-bond donors (Lipinski definition) is 2. The monoisotopic (exact) mass is 374 g/mol. The van der Waals surface area contributed by atoms with Crippen molar-refractivity contribution in [3.63, 3.8) is 0 Å². The number of nitrogens with one attached hydrogen (secondary N) is 1. The quantitative estimate of drug-likeness (QED) is 0.802. The Bertz CT molecular complexity index is 746. The maximum absolute atomic E-state index is 12.2. The lowest BCUT2D eigenvalue weighted by Crippen LogP contribution is -2.13. The van der Waals surface area contributed by atoms with Gasteiger partial charge in [-0.05, 0) is 64.8 Å². The Morgan fingerprint density at radius 2 is 1.80 bits per heavy atom. The van der Waals surface area contributed by atoms with Gasteiger partial charge in [-0.25, -0.2) is 8.42 Å². The molecule has 0 aromatic heterocycles. The van der Waals surface area contributed by atoms with Gasteiger partial charge in [0.25, 0.3) is 10.0 Å². The van der Waals surface area contributed by atoms with E-state index in [0.717, 1.165) is 5.56 Å². The van der Waals surface area contributed by atoms with Crippen LogP contribution in [-0.2, 0) is 10.0 Å². The molecule has 0 saturated carbocycles. The SMILES string of the molecule is Cc1cc(Br)c(NS(=O)(=O)c2ccc(N)cc2)cc1Cl. The molecule has 0 heterocycles. The Morgan fingerprint density at radius 3 is 2.40 bits per heavy atom. The Balaban J connectivity index is 2.38. The van der Waals surface area contributed by atoms with E-state index >= 15 is 0 Å². The second-order valence-electron chi connectivity index (χ2n) is 4.26. The molecule has 2 aromatic rings. The van der Waals surface area contributed by atoms with Crippen molar-refractivity contribution in [1.82, 2.24) is 0 Å². The molecule has 0 unspecified atom stereocenters. The highest BCUT2D eigenvalue weighted by molar-refractivity contribution is 9.10. The number of aryl methyl sites for hydroxylation is 1. The fraction of sp³-hybridized carbons (Fsp3) is 0.0769. The maximum Gasteiger partial charge on any atom is 0.261 e. The van der Waals surface area contributed by atoms with E-state index in [2.05, 4.69) is 20.7 Å². The van der Waals surface area contributed by atoms with Crippen LogP contribution in [0.15, 0.2) is 45.8 Å². The number of benzene rings is 2. The summed E-state index contributed by atoms with van der Waals surface area (Å²) in [4.78, 5) is 0.135. The van der Waals surface area contributed by atoms with Gasteiger partial charge in [0.05, 0.1) is 10.6 Å². The van der Waals surface area contributed by atoms with Crippen LogP contribution in [0.2, 0.25) is 5.02 Å². The van der Waals surface area contributed by atoms with Gasteiger partial charge in [0.15, 0.2) is 0 Å². The van der Waals surface area contributed by atoms with Crippen molar-refractivity contribution in [2.24, 2.45) is 0 Å². The molecule has 20 heavy (non-hydrogen) atoms. The van der Waals surface area contributed by atoms with Gasteiger partial charge < -0.3 is 5.73 Å². The fourth-order valence-electron chi connectivity index (χ4n) is 1.58. The topological polar surface area (TPSA) is 72.2 Å². The number of anilines is 2. The Labute approximate surface area is 131 Å². The van der Waals surface area contributed by atoms with Gasteiger partial charge in [-0.2, -0.15) is 0 Å². The minimum Gasteiger partial charge on any atom is -0.399 e. The van der Waals surface area contributed by atoms with Crippen LogP contribution in [-0.4, -0.2) is 8.42 Å². The third kappa shape index (κ3) is 3.26. The predicted molar refractivity (Wildman–Crippen MR) is 85.6 cm³/mol. The summed E-state index contributed by atoms with van der Waals surface area (Å²) in [6.07, 6.45) is 0. The minimum atomic E-state index is -3.68. The highest BCUT2D eigenvalue weighted by Crippen LogP contribution is 2.30. The molecule has 0 aliphatic heterocycles. The molecule has 0 bridgehead atoms. The Kier molecular flexibility index (Phi) is 4.27. The third-order valence-electron chi connectivity index (χ3n) is 2.68. The lowest BCUT2D eigenvalue weighted by atomic mass is 10.2. The molecule has 0 fully saturated rings. The van der Waals surface area contributed by atoms with Gasteiger partial charge in [-0.1, -0.05) is 11.6 Å². The van der Waals surface area contributed by atoms with Crippen LogP contribution in [0, 0.1) is 6.92 Å². The molecule has 0 aliphatic rings. The molecule has 0 radical (unpaired) electrons. The second kappa shape index (κ2) is 5.63. The van der Waals surface area contributed by atoms with Crippen molar-refractivity contribution in [3.8, 4) is 0 Å². The zero-order valence-electron chi connectivity index (χ0n) is 10.5. The zero-order valence-corrected chi connectivity index (χ0v) is 13.7. The van der Waals surface area contributed by atoms with Gasteiger partial charge in [0, 0.05) is 15.2 Å². The van der Waals surface area contributed by atoms with Crippen molar-refractivity contribution < 1.29 is 8.42 Å². The zero-order chi connectivity index (χ0) is 14.9. The summed E-state index contributed by atoms with van der Waals surface area (Å²) >= 11 is 9.32. The van der Waals surface area contributed by atoms with Crippen molar-refractivity contribution in [2.75, 3.05) is 10.5 Å². The van der Waals surface area contributed by atoms with Crippen LogP contribution in [0.3, 0.4) is 0 Å². The summed E-state index contributed by atoms with van der Waals surface area (Å²) in [6.45, 7) is 1.84. The van der Waals surface area contributed by atoms with E-state index in [9.17, 15) is 8.42 Å². The average molecular weight is 376 g/mol. The Hall–Kier alpha value is -1.24. The number of halogens is 2. The van der Waals surface area contributed by atoms with E-state index in [4.69, 9.17) is 17.3 Å². The van der Waals surface area contributed by atoms with Gasteiger partial charge in [-0.15, -0.1) is 0 Å². The van der Waals surface area contributed by atoms with Crippen molar-refractivity contribution in [1.29, 1.82) is 0 Å². The fourth-order valence-corrected chi connectivity index (χ4v) is 3.50. The number of nitrogen functional groups attached to an aromatic ring is 1. The van der Waals surface area contributed by atoms with Crippen LogP contribution < -0.4 is 10.5 Å². The summed E-state index contributed by atoms with van der Waals surface area (Å²) in [7, 11) is -3.68. The smallest absolute Gasteiger partial charge is 0.261 e. The molecule has 0 spiro atoms. The molecule has 106 valence electrons. The molecule has 7 heteroatoms. The Morgan fingerprint density at radius 1 is 1.20 bits per heavy atom. The van der Waals surface area contributed by atoms with E-state index in [0.29, 0.717) is 20.9 Å². The average Bonchev–Trinajstić information content (AvgIpc) is 2.36. The first-order chi connectivity index (χ1) is 9.29. The lowest BCUT2D eigenvalue weighted by molar-refractivity contribution is 0.601. The van der Waals surface area contributed by atoms with Gasteiger partial charge in [-0.3, -0.25) is 4.72 Å². The van der Waals surface area contributed by atoms with Gasteiger partial charge >= 0.3 is 0 Å². The number of nitrogens with two attached hydrogens (primary N) is 1. The van der Waals surface area contributed by atoms with E-state index in [1.54, 1.807) is 12.1 Å². The van der Waals surface area contributed by atoms with Crippen LogP contribution >= 0.6 is 27.5 Å². The van der Waals surface area contributed by atoms with Gasteiger partial charge in [0.2, 0.25) is 0 Å². The standard InChI is InChI=1S/C13H12BrClN2O2S/c1-8-6-11(14)13(7-12(8)15)17-20(18,19)10-4-2-9(16)3-5-10/h2-7,17H,16H2,1H3. The van der Waals surface area contributed by atoms with E-state index in [-0.39, 0.29) is 4.90 Å². The first kappa shape index (κ1) is 15.2. The van der Waals surface area contributed by atoms with Crippen molar-refractivity contribution >= 4 is 48.9 Å². The summed E-state index contributed by atoms with van der Waals surface area (Å²) in [5.74, 6) is 0. The first-order valence-electron chi connectivity index (χ1n) is 5.63. The number of hydrogen-bond acceptors (Lipinski definition) is 3. The molecule has 3 N–H and O–H groups in total. The molecule has 0 atom stereocenters. The van der Waals surface area contributed by atoms with Crippen LogP contribution in [0.4, 0.5) is 11.4 Å². The van der Waals surface area contributed by atoms with E-state index in [1.807, 2.05) is 6.92 Å². The van der Waals surface area contributed by atoms with Crippen LogP contribution in [0.5, 0.6) is 0 Å². The molecule has 0 aliphatic carbocycles. The predicted octanol–water partition coefficient (Wildman–Crippen LogP) is 3.79. The molecule has 0 amide bonds. The molecule has 4 nitrogen and oxygen atoms in total. The van der Waals surface area contributed by atoms with Crippen LogP contribution in [0.1, 0.15) is 5.56 Å². The molecule has 2 rings (SSSR count). The van der Waals surface area contributed by atoms with Crippen molar-refractivity contribution in [3.05, 3.63) is 51.5 Å². The van der Waals surface area contributed by atoms with Crippen molar-refractivity contribution in [2.45, 2.75) is 11.8 Å². The largest absolute Gasteiger partial charge is 0.399 e. The molecule has 2 aromatic carbocycles. The summed E-state index contributed by atoms with van der Waals surface area (Å²) in [5.41, 5.74) is 7.29. The first-order valence-corrected chi connectivity index (χ1v) is 8.29. The molecule has 0 saturated heterocycles. The van der Waals surface area contributed by atoms with E-state index in [1.165, 1.54) is 24.3 Å². The van der Waals surface area contributed by atoms with Gasteiger partial charge in [0.1, 0.15) is 0 Å². The molecular weight excluding hydrogens is 364 g/mol. The summed E-state index contributed by atoms with van der Waals surface area (Å²) in [5, 5.41) is 0.489. The number of rotatable bonds is 3.